The summed E-state index contributed by atoms with van der Waals surface area (Å²) in [5.74, 6) is 1.43. The maximum Gasteiger partial charge on any atom is 0.257 e. The summed E-state index contributed by atoms with van der Waals surface area (Å²) in [6.45, 7) is 14.4. The van der Waals surface area contributed by atoms with Gasteiger partial charge in [-0.3, -0.25) is 4.79 Å². The lowest BCUT2D eigenvalue weighted by Gasteiger charge is -2.36. The fraction of sp³-hybridized carbons (Fsp3) is 0.450. The quantitative estimate of drug-likeness (QED) is 0.0802. The molecule has 3 heterocycles. The number of nitrogens with zero attached hydrogens (tertiary/aromatic N) is 7. The van der Waals surface area contributed by atoms with E-state index in [1.165, 1.54) is 5.56 Å². The Labute approximate surface area is 301 Å². The first-order chi connectivity index (χ1) is 24.9. The zero-order valence-corrected chi connectivity index (χ0v) is 30.6. The average molecular weight is 693 g/mol. The lowest BCUT2D eigenvalue weighted by molar-refractivity contribution is 0.0777. The molecule has 2 fully saturated rings. The predicted octanol–water partition coefficient (Wildman–Crippen LogP) is 7.17. The number of likely N-dealkylation sites (tertiary alicyclic amines) is 2. The molecule has 2 aliphatic heterocycles. The summed E-state index contributed by atoms with van der Waals surface area (Å²) in [4.78, 5) is 23.7. The minimum absolute atomic E-state index is 0.0409. The minimum atomic E-state index is -0.136. The van der Waals surface area contributed by atoms with E-state index >= 15 is 0 Å². The van der Waals surface area contributed by atoms with Gasteiger partial charge in [-0.15, -0.1) is 0 Å². The van der Waals surface area contributed by atoms with Gasteiger partial charge in [0.25, 0.3) is 5.91 Å². The number of imidazole rings is 1. The van der Waals surface area contributed by atoms with E-state index in [1.807, 2.05) is 43.0 Å². The van der Waals surface area contributed by atoms with Crippen LogP contribution in [0.15, 0.2) is 95.4 Å². The number of nitrogens with one attached hydrogen (secondary N) is 1. The second-order valence-electron chi connectivity index (χ2n) is 13.6. The number of amides is 1. The number of carbonyl (C=O) groups excluding carboxylic acids is 1. The molecule has 0 radical (unpaired) electrons. The summed E-state index contributed by atoms with van der Waals surface area (Å²) in [6, 6.07) is 24.9. The van der Waals surface area contributed by atoms with Crippen LogP contribution in [-0.4, -0.2) is 91.4 Å². The molecule has 0 aliphatic carbocycles. The van der Waals surface area contributed by atoms with Crippen molar-refractivity contribution in [1.82, 2.24) is 19.4 Å². The molecule has 1 amide bonds. The highest BCUT2D eigenvalue weighted by atomic mass is 16.5. The first-order valence-electron chi connectivity index (χ1n) is 18.2. The number of para-hydroxylation sites is 2. The number of anilines is 2. The van der Waals surface area contributed by atoms with Gasteiger partial charge in [-0.05, 0) is 82.0 Å². The number of hydrogen-bond donors (Lipinski definition) is 1. The van der Waals surface area contributed by atoms with Crippen molar-refractivity contribution >= 4 is 28.6 Å². The Morgan fingerprint density at radius 1 is 1.06 bits per heavy atom. The van der Waals surface area contributed by atoms with Crippen LogP contribution in [-0.2, 0) is 16.7 Å². The van der Waals surface area contributed by atoms with Crippen LogP contribution in [0.25, 0.3) is 11.0 Å². The van der Waals surface area contributed by atoms with E-state index in [1.54, 1.807) is 19.2 Å². The fourth-order valence-corrected chi connectivity index (χ4v) is 7.59. The van der Waals surface area contributed by atoms with Gasteiger partial charge in [0.1, 0.15) is 5.75 Å². The molecule has 270 valence electrons. The summed E-state index contributed by atoms with van der Waals surface area (Å²) in [7, 11) is 3.21. The molecule has 0 saturated carbocycles. The van der Waals surface area contributed by atoms with Crippen molar-refractivity contribution < 1.29 is 14.3 Å². The molecule has 1 aromatic heterocycles. The van der Waals surface area contributed by atoms with Crippen LogP contribution >= 0.6 is 0 Å². The number of allylic oxidation sites excluding steroid dienone is 1. The van der Waals surface area contributed by atoms with E-state index in [0.29, 0.717) is 55.0 Å². The van der Waals surface area contributed by atoms with Crippen LogP contribution in [0.5, 0.6) is 5.75 Å². The average Bonchev–Trinajstić information content (AvgIpc) is 3.76. The van der Waals surface area contributed by atoms with E-state index in [0.717, 1.165) is 68.8 Å². The lowest BCUT2D eigenvalue weighted by Crippen LogP contribution is -2.42. The summed E-state index contributed by atoms with van der Waals surface area (Å²) in [6.07, 6.45) is 3.98. The van der Waals surface area contributed by atoms with Gasteiger partial charge in [0.2, 0.25) is 5.95 Å². The van der Waals surface area contributed by atoms with Crippen molar-refractivity contribution in [3.8, 4) is 5.75 Å². The first kappa shape index (κ1) is 36.1. The maximum absolute atomic E-state index is 14.2. The Bertz CT molecular complexity index is 1820. The zero-order valence-electron chi connectivity index (χ0n) is 30.6. The minimum Gasteiger partial charge on any atom is -0.496 e. The third-order valence-electron chi connectivity index (χ3n) is 10.4. The van der Waals surface area contributed by atoms with Crippen LogP contribution in [0.4, 0.5) is 11.6 Å². The Kier molecular flexibility index (Phi) is 11.7. The molecule has 2 aliphatic rings. The van der Waals surface area contributed by atoms with Crippen LogP contribution in [0, 0.1) is 0 Å². The Morgan fingerprint density at radius 2 is 1.82 bits per heavy atom. The lowest BCUT2D eigenvalue weighted by atomic mass is 9.76. The number of ether oxygens (including phenoxy) is 2. The molecule has 11 nitrogen and oxygen atoms in total. The van der Waals surface area contributed by atoms with Gasteiger partial charge in [-0.2, -0.15) is 5.11 Å². The molecule has 1 N–H and O–H groups in total. The largest absolute Gasteiger partial charge is 0.496 e. The summed E-state index contributed by atoms with van der Waals surface area (Å²) < 4.78 is 13.6. The Hall–Kier alpha value is -4.74. The molecule has 51 heavy (non-hydrogen) atoms. The molecule has 3 aromatic carbocycles. The number of benzene rings is 3. The molecule has 2 saturated heterocycles. The van der Waals surface area contributed by atoms with Crippen molar-refractivity contribution in [2.45, 2.75) is 57.5 Å². The van der Waals surface area contributed by atoms with Crippen molar-refractivity contribution in [3.05, 3.63) is 96.2 Å². The van der Waals surface area contributed by atoms with Crippen LogP contribution in [0.2, 0.25) is 0 Å². The van der Waals surface area contributed by atoms with Gasteiger partial charge in [0, 0.05) is 56.5 Å². The number of piperidine rings is 1. The Morgan fingerprint density at radius 3 is 2.55 bits per heavy atom. The van der Waals surface area contributed by atoms with Gasteiger partial charge in [-0.1, -0.05) is 54.3 Å². The summed E-state index contributed by atoms with van der Waals surface area (Å²) in [5, 5.41) is 13.6. The fourth-order valence-electron chi connectivity index (χ4n) is 7.59. The number of hydrogen-bond acceptors (Lipinski definition) is 8. The van der Waals surface area contributed by atoms with Crippen molar-refractivity contribution in [2.24, 2.45) is 10.3 Å². The zero-order chi connectivity index (χ0) is 35.8. The van der Waals surface area contributed by atoms with E-state index in [2.05, 4.69) is 80.2 Å². The molecular formula is C40H52N8O3. The highest BCUT2D eigenvalue weighted by Gasteiger charge is 2.42. The van der Waals surface area contributed by atoms with Crippen molar-refractivity contribution in [3.63, 3.8) is 0 Å². The van der Waals surface area contributed by atoms with Gasteiger partial charge in [0.15, 0.2) is 0 Å². The number of aromatic nitrogens is 2. The first-order valence-corrected chi connectivity index (χ1v) is 18.2. The van der Waals surface area contributed by atoms with E-state index in [9.17, 15) is 4.79 Å². The molecule has 1 atom stereocenters. The Balaban J connectivity index is 1.12. The molecule has 0 bridgehead atoms. The molecule has 4 aromatic rings. The standard InChI is InChI=1S/C40H52N8O3/c1-6-51-27-26-47-36-15-11-10-14-35(36)43-39(47)42-32-18-22-45(23-19-32)24-20-40(31-12-8-7-9-13-31)21-25-46(29-40)38(49)34-28-33(16-17-37(34)50-5)48(30(2)3)44-41-4/h7-17,28,32H,2,6,18-27,29H2,1,3-5H3,(H,42,43). The van der Waals surface area contributed by atoms with E-state index in [4.69, 9.17) is 14.5 Å². The van der Waals surface area contributed by atoms with E-state index < -0.39 is 0 Å². The number of fused-ring (bicyclic) bond motifs is 1. The summed E-state index contributed by atoms with van der Waals surface area (Å²) in [5.41, 5.74) is 5.22. The van der Waals surface area contributed by atoms with Crippen LogP contribution < -0.4 is 15.1 Å². The molecule has 11 heteroatoms. The van der Waals surface area contributed by atoms with E-state index in [-0.39, 0.29) is 11.3 Å². The SMILES string of the molecule is C=C(C)N(N=NC)c1ccc(OC)c(C(=O)N2CCC(CCN3CCC(Nc4nc5ccccc5n4CCOCC)CC3)(c3ccccc3)C2)c1. The maximum atomic E-state index is 14.2. The van der Waals surface area contributed by atoms with Gasteiger partial charge in [0.05, 0.1) is 43.0 Å². The van der Waals surface area contributed by atoms with Crippen LogP contribution in [0.1, 0.15) is 55.5 Å². The van der Waals surface area contributed by atoms with Gasteiger partial charge >= 0.3 is 0 Å². The second kappa shape index (κ2) is 16.5. The molecule has 0 spiro atoms. The highest BCUT2D eigenvalue weighted by Crippen LogP contribution is 2.40. The third-order valence-corrected chi connectivity index (χ3v) is 10.4. The monoisotopic (exact) mass is 692 g/mol. The number of carbonyl (C=O) groups is 1. The van der Waals surface area contributed by atoms with Crippen LogP contribution in [0.3, 0.4) is 0 Å². The number of methoxy groups -OCH3 is 1. The van der Waals surface area contributed by atoms with Gasteiger partial charge < -0.3 is 29.2 Å². The van der Waals surface area contributed by atoms with Crippen molar-refractivity contribution in [2.75, 3.05) is 70.4 Å². The topological polar surface area (TPSA) is 99.8 Å². The van der Waals surface area contributed by atoms with Gasteiger partial charge in [-0.25, -0.2) is 9.99 Å². The predicted molar refractivity (Wildman–Crippen MR) is 204 cm³/mol. The third kappa shape index (κ3) is 8.10. The second-order valence-corrected chi connectivity index (χ2v) is 13.6. The van der Waals surface area contributed by atoms with Crippen molar-refractivity contribution in [1.29, 1.82) is 0 Å². The number of rotatable bonds is 15. The normalized spacial score (nSPS) is 18.5. The smallest absolute Gasteiger partial charge is 0.257 e. The molecule has 1 unspecified atom stereocenters. The highest BCUT2D eigenvalue weighted by molar-refractivity contribution is 5.98. The molecular weight excluding hydrogens is 640 g/mol. The summed E-state index contributed by atoms with van der Waals surface area (Å²) >= 11 is 0. The molecule has 6 rings (SSSR count).